The van der Waals surface area contributed by atoms with Crippen LogP contribution in [0.25, 0.3) is 28.2 Å². The van der Waals surface area contributed by atoms with Gasteiger partial charge in [0.15, 0.2) is 0 Å². The van der Waals surface area contributed by atoms with Crippen LogP contribution in [-0.2, 0) is 10.9 Å². The minimum absolute atomic E-state index is 0.0785. The molecule has 0 spiro atoms. The SMILES string of the molecule is O=C(O)c1cc(C(F)(F)F)c2cc(OCC34CCC(C=Cc5c(-c6c(Cl)cncc6Cl)noc5C5CC5)(CC3)CO4)ccc2n1. The van der Waals surface area contributed by atoms with E-state index in [-0.39, 0.29) is 28.7 Å². The fraction of sp³-hybridized carbons (Fsp3) is 0.375. The number of carboxylic acids is 1. The Morgan fingerprint density at radius 2 is 1.84 bits per heavy atom. The zero-order valence-electron chi connectivity index (χ0n) is 23.7. The summed E-state index contributed by atoms with van der Waals surface area (Å²) in [7, 11) is 0. The first-order chi connectivity index (χ1) is 21.5. The summed E-state index contributed by atoms with van der Waals surface area (Å²) in [6.07, 6.45) is 7.63. The number of alkyl halides is 3. The van der Waals surface area contributed by atoms with Gasteiger partial charge >= 0.3 is 12.1 Å². The molecule has 0 atom stereocenters. The normalized spacial score (nSPS) is 23.2. The van der Waals surface area contributed by atoms with Crippen LogP contribution in [0.3, 0.4) is 0 Å². The highest BCUT2D eigenvalue weighted by atomic mass is 35.5. The van der Waals surface area contributed by atoms with Gasteiger partial charge in [0.05, 0.1) is 27.7 Å². The first kappa shape index (κ1) is 30.0. The van der Waals surface area contributed by atoms with Crippen LogP contribution in [0.15, 0.2) is 47.3 Å². The largest absolute Gasteiger partial charge is 0.491 e. The van der Waals surface area contributed by atoms with Gasteiger partial charge in [-0.1, -0.05) is 40.5 Å². The first-order valence-corrected chi connectivity index (χ1v) is 15.2. The van der Waals surface area contributed by atoms with E-state index in [4.69, 9.17) is 37.2 Å². The molecule has 8 rings (SSSR count). The van der Waals surface area contributed by atoms with Crippen molar-refractivity contribution in [2.45, 2.75) is 56.2 Å². The highest BCUT2D eigenvalue weighted by Gasteiger charge is 2.49. The fourth-order valence-electron chi connectivity index (χ4n) is 6.23. The molecule has 1 aromatic carbocycles. The molecule has 234 valence electrons. The molecule has 4 fully saturated rings. The van der Waals surface area contributed by atoms with Crippen LogP contribution in [0.2, 0.25) is 10.0 Å². The van der Waals surface area contributed by atoms with E-state index >= 15 is 0 Å². The molecule has 4 aromatic rings. The number of rotatable bonds is 8. The molecule has 4 aliphatic rings. The summed E-state index contributed by atoms with van der Waals surface area (Å²) in [5.41, 5.74) is -0.593. The van der Waals surface area contributed by atoms with Gasteiger partial charge in [0.2, 0.25) is 0 Å². The van der Waals surface area contributed by atoms with Crippen molar-refractivity contribution >= 4 is 46.2 Å². The van der Waals surface area contributed by atoms with Crippen molar-refractivity contribution < 1.29 is 37.1 Å². The number of aromatic nitrogens is 3. The molecule has 45 heavy (non-hydrogen) atoms. The molecule has 0 unspecified atom stereocenters. The van der Waals surface area contributed by atoms with Crippen molar-refractivity contribution in [1.29, 1.82) is 0 Å². The van der Waals surface area contributed by atoms with Gasteiger partial charge in [-0.2, -0.15) is 13.2 Å². The summed E-state index contributed by atoms with van der Waals surface area (Å²) in [6.45, 7) is 0.627. The number of carboxylic acid groups (broad SMARTS) is 1. The fourth-order valence-corrected chi connectivity index (χ4v) is 6.78. The van der Waals surface area contributed by atoms with Crippen LogP contribution >= 0.6 is 23.2 Å². The number of carbonyl (C=O) groups is 1. The van der Waals surface area contributed by atoms with E-state index in [2.05, 4.69) is 21.2 Å². The lowest BCUT2D eigenvalue weighted by Gasteiger charge is -2.51. The third-order valence-electron chi connectivity index (χ3n) is 9.03. The number of ether oxygens (including phenoxy) is 2. The van der Waals surface area contributed by atoms with Crippen molar-refractivity contribution in [3.8, 4) is 17.0 Å². The Kier molecular flexibility index (Phi) is 7.33. The molecule has 2 bridgehead atoms. The lowest BCUT2D eigenvalue weighted by molar-refractivity contribution is -0.181. The van der Waals surface area contributed by atoms with Gasteiger partial charge in [-0.15, -0.1) is 0 Å². The molecule has 13 heteroatoms. The van der Waals surface area contributed by atoms with Crippen LogP contribution in [0, 0.1) is 5.41 Å². The predicted molar refractivity (Wildman–Crippen MR) is 160 cm³/mol. The van der Waals surface area contributed by atoms with Gasteiger partial charge in [0.25, 0.3) is 0 Å². The molecule has 0 amide bonds. The molecule has 3 aromatic heterocycles. The molecule has 5 heterocycles. The summed E-state index contributed by atoms with van der Waals surface area (Å²) in [5.74, 6) is -0.194. The van der Waals surface area contributed by atoms with E-state index in [0.717, 1.165) is 37.0 Å². The minimum atomic E-state index is -4.76. The van der Waals surface area contributed by atoms with Crippen LogP contribution in [0.5, 0.6) is 5.75 Å². The third-order valence-corrected chi connectivity index (χ3v) is 9.60. The maximum absolute atomic E-state index is 13.8. The summed E-state index contributed by atoms with van der Waals surface area (Å²) in [6, 6.07) is 4.62. The monoisotopic (exact) mass is 659 g/mol. The topological polar surface area (TPSA) is 108 Å². The Hall–Kier alpha value is -3.67. The maximum Gasteiger partial charge on any atom is 0.417 e. The van der Waals surface area contributed by atoms with Crippen LogP contribution in [0.4, 0.5) is 13.2 Å². The van der Waals surface area contributed by atoms with Gasteiger partial charge in [0, 0.05) is 40.2 Å². The Morgan fingerprint density at radius 3 is 2.47 bits per heavy atom. The number of fused-ring (bicyclic) bond motifs is 4. The zero-order chi connectivity index (χ0) is 31.6. The lowest BCUT2D eigenvalue weighted by Crippen LogP contribution is -2.53. The molecule has 1 N–H and O–H groups in total. The number of pyridine rings is 2. The molecule has 8 nitrogen and oxygen atoms in total. The number of hydrogen-bond acceptors (Lipinski definition) is 7. The number of hydrogen-bond donors (Lipinski definition) is 1. The average Bonchev–Trinajstić information content (AvgIpc) is 3.78. The van der Waals surface area contributed by atoms with Gasteiger partial charge in [-0.3, -0.25) is 4.98 Å². The quantitative estimate of drug-likeness (QED) is 0.200. The van der Waals surface area contributed by atoms with Crippen LogP contribution < -0.4 is 4.74 Å². The highest BCUT2D eigenvalue weighted by molar-refractivity contribution is 6.39. The maximum atomic E-state index is 13.8. The second-order valence-corrected chi connectivity index (χ2v) is 12.9. The van der Waals surface area contributed by atoms with E-state index in [9.17, 15) is 23.1 Å². The molecule has 2 aliphatic carbocycles. The second-order valence-electron chi connectivity index (χ2n) is 12.1. The standard InChI is InChI=1S/C32H26Cl2F3N3O5/c33-22-13-38-14-23(34)26(22)27-19(28(45-40-27)17-1-2-17)5-6-30-7-9-31(10-8-30,44-15-30)16-43-18-3-4-24-20(11-18)21(32(35,36)37)12-25(39-24)29(41)42/h3-6,11-14,17H,1-2,7-10,15-16H2,(H,41,42). The van der Waals surface area contributed by atoms with Crippen molar-refractivity contribution in [2.24, 2.45) is 5.41 Å². The van der Waals surface area contributed by atoms with E-state index < -0.39 is 29.0 Å². The van der Waals surface area contributed by atoms with Crippen LogP contribution in [0.1, 0.15) is 71.8 Å². The highest BCUT2D eigenvalue weighted by Crippen LogP contribution is 2.51. The summed E-state index contributed by atoms with van der Waals surface area (Å²) in [5, 5.41) is 14.1. The van der Waals surface area contributed by atoms with Crippen LogP contribution in [-0.4, -0.2) is 45.0 Å². The summed E-state index contributed by atoms with van der Waals surface area (Å²) >= 11 is 12.9. The van der Waals surface area contributed by atoms with Crippen molar-refractivity contribution in [3.63, 3.8) is 0 Å². The van der Waals surface area contributed by atoms with Gasteiger partial charge in [-0.25, -0.2) is 9.78 Å². The van der Waals surface area contributed by atoms with E-state index in [0.29, 0.717) is 52.7 Å². The van der Waals surface area contributed by atoms with Gasteiger partial charge in [0.1, 0.15) is 35.1 Å². The van der Waals surface area contributed by atoms with E-state index in [1.165, 1.54) is 30.6 Å². The third kappa shape index (κ3) is 5.66. The minimum Gasteiger partial charge on any atom is -0.491 e. The average molecular weight is 660 g/mol. The molecule has 2 saturated heterocycles. The smallest absolute Gasteiger partial charge is 0.417 e. The Balaban J connectivity index is 1.08. The second kappa shape index (κ2) is 11.0. The van der Waals surface area contributed by atoms with Crippen molar-refractivity contribution in [1.82, 2.24) is 15.1 Å². The molecule has 0 radical (unpaired) electrons. The summed E-state index contributed by atoms with van der Waals surface area (Å²) in [4.78, 5) is 19.2. The van der Waals surface area contributed by atoms with Gasteiger partial charge < -0.3 is 19.1 Å². The van der Waals surface area contributed by atoms with Crippen molar-refractivity contribution in [2.75, 3.05) is 13.2 Å². The molecular formula is C32H26Cl2F3N3O5. The number of aromatic carboxylic acids is 1. The zero-order valence-corrected chi connectivity index (χ0v) is 25.2. The molecule has 2 aliphatic heterocycles. The molecular weight excluding hydrogens is 634 g/mol. The summed E-state index contributed by atoms with van der Waals surface area (Å²) < 4.78 is 59.5. The van der Waals surface area contributed by atoms with E-state index in [1.54, 1.807) is 0 Å². The predicted octanol–water partition coefficient (Wildman–Crippen LogP) is 8.61. The lowest BCUT2D eigenvalue weighted by atomic mass is 9.66. The molecule has 2 saturated carbocycles. The Morgan fingerprint density at radius 1 is 1.11 bits per heavy atom. The Bertz CT molecular complexity index is 1810. The number of halogens is 5. The van der Waals surface area contributed by atoms with E-state index in [1.807, 2.05) is 6.08 Å². The first-order valence-electron chi connectivity index (χ1n) is 14.5. The Labute approximate surface area is 265 Å². The number of benzene rings is 1. The van der Waals surface area contributed by atoms with Gasteiger partial charge in [-0.05, 0) is 62.8 Å². The van der Waals surface area contributed by atoms with Crippen molar-refractivity contribution in [3.05, 3.63) is 75.4 Å². The number of nitrogens with zero attached hydrogens (tertiary/aromatic N) is 3.